The van der Waals surface area contributed by atoms with Crippen LogP contribution in [-0.4, -0.2) is 12.4 Å². The lowest BCUT2D eigenvalue weighted by atomic mass is 10.2. The fourth-order valence-electron chi connectivity index (χ4n) is 0.929. The van der Waals surface area contributed by atoms with Gasteiger partial charge in [0.1, 0.15) is 0 Å². The van der Waals surface area contributed by atoms with Gasteiger partial charge in [-0.3, -0.25) is 4.99 Å². The Kier molecular flexibility index (Phi) is 6.82. The molecule has 0 aromatic rings. The van der Waals surface area contributed by atoms with Crippen molar-refractivity contribution in [3.05, 3.63) is 0 Å². The second-order valence-electron chi connectivity index (χ2n) is 3.52. The van der Waals surface area contributed by atoms with Gasteiger partial charge in [-0.1, -0.05) is 40.0 Å². The summed E-state index contributed by atoms with van der Waals surface area (Å²) in [5.41, 5.74) is 5.68. The molecule has 12 heavy (non-hydrogen) atoms. The molecule has 0 bridgehead atoms. The van der Waals surface area contributed by atoms with E-state index in [0.717, 1.165) is 12.4 Å². The van der Waals surface area contributed by atoms with Crippen molar-refractivity contribution in [3.63, 3.8) is 0 Å². The maximum Gasteiger partial charge on any atom is 0.0962 e. The van der Waals surface area contributed by atoms with Gasteiger partial charge < -0.3 is 5.73 Å². The first-order chi connectivity index (χ1) is 5.68. The Morgan fingerprint density at radius 2 is 1.92 bits per heavy atom. The molecular weight excluding hydrogens is 148 g/mol. The highest BCUT2D eigenvalue weighted by molar-refractivity contribution is 5.82. The molecule has 2 nitrogen and oxygen atoms in total. The van der Waals surface area contributed by atoms with Crippen LogP contribution in [0.5, 0.6) is 0 Å². The van der Waals surface area contributed by atoms with Crippen LogP contribution in [0.3, 0.4) is 0 Å². The Hall–Kier alpha value is -0.530. The van der Waals surface area contributed by atoms with Crippen LogP contribution in [0.15, 0.2) is 4.99 Å². The SMILES string of the molecule is CCCCCCN=C(N)C(C)C. The Balaban J connectivity index is 3.34. The molecular formula is C10H22N2. The third-order valence-electron chi connectivity index (χ3n) is 1.90. The number of hydrogen-bond donors (Lipinski definition) is 1. The summed E-state index contributed by atoms with van der Waals surface area (Å²) in [7, 11) is 0. The molecule has 2 N–H and O–H groups in total. The second-order valence-corrected chi connectivity index (χ2v) is 3.52. The van der Waals surface area contributed by atoms with Crippen molar-refractivity contribution in [1.82, 2.24) is 0 Å². The van der Waals surface area contributed by atoms with E-state index in [0.29, 0.717) is 5.92 Å². The van der Waals surface area contributed by atoms with Crippen LogP contribution in [0.1, 0.15) is 46.5 Å². The first kappa shape index (κ1) is 11.5. The van der Waals surface area contributed by atoms with Crippen LogP contribution in [0, 0.1) is 5.92 Å². The first-order valence-corrected chi connectivity index (χ1v) is 4.98. The van der Waals surface area contributed by atoms with Gasteiger partial charge in [0.05, 0.1) is 5.84 Å². The van der Waals surface area contributed by atoms with Crippen LogP contribution < -0.4 is 5.73 Å². The zero-order valence-electron chi connectivity index (χ0n) is 8.64. The molecule has 0 saturated heterocycles. The number of unbranched alkanes of at least 4 members (excludes halogenated alkanes) is 3. The normalized spacial score (nSPS) is 12.5. The van der Waals surface area contributed by atoms with Crippen LogP contribution >= 0.6 is 0 Å². The molecule has 0 fully saturated rings. The van der Waals surface area contributed by atoms with Crippen LogP contribution in [0.2, 0.25) is 0 Å². The predicted octanol–water partition coefficient (Wildman–Crippen LogP) is 2.58. The van der Waals surface area contributed by atoms with Gasteiger partial charge in [-0.05, 0) is 6.42 Å². The smallest absolute Gasteiger partial charge is 0.0962 e. The molecule has 0 saturated carbocycles. The van der Waals surface area contributed by atoms with E-state index in [4.69, 9.17) is 5.73 Å². The lowest BCUT2D eigenvalue weighted by Crippen LogP contribution is -2.19. The zero-order valence-corrected chi connectivity index (χ0v) is 8.64. The molecule has 0 rings (SSSR count). The van der Waals surface area contributed by atoms with Crippen LogP contribution in [0.25, 0.3) is 0 Å². The number of aliphatic imine (C=N–C) groups is 1. The summed E-state index contributed by atoms with van der Waals surface area (Å²) in [6.45, 7) is 7.27. The molecule has 0 aromatic heterocycles. The van der Waals surface area contributed by atoms with Crippen molar-refractivity contribution in [2.24, 2.45) is 16.6 Å². The van der Waals surface area contributed by atoms with Gasteiger partial charge in [-0.2, -0.15) is 0 Å². The molecule has 2 heteroatoms. The number of nitrogens with two attached hydrogens (primary N) is 1. The maximum absolute atomic E-state index is 5.68. The molecule has 0 aliphatic heterocycles. The summed E-state index contributed by atoms with van der Waals surface area (Å²) < 4.78 is 0. The highest BCUT2D eigenvalue weighted by atomic mass is 14.8. The summed E-state index contributed by atoms with van der Waals surface area (Å²) in [5.74, 6) is 1.20. The monoisotopic (exact) mass is 170 g/mol. The fraction of sp³-hybridized carbons (Fsp3) is 0.900. The van der Waals surface area contributed by atoms with Crippen LogP contribution in [0.4, 0.5) is 0 Å². The van der Waals surface area contributed by atoms with E-state index >= 15 is 0 Å². The standard InChI is InChI=1S/C10H22N2/c1-4-5-6-7-8-12-10(11)9(2)3/h9H,4-8H2,1-3H3,(H2,11,12). The van der Waals surface area contributed by atoms with E-state index in [-0.39, 0.29) is 0 Å². The number of nitrogens with zero attached hydrogens (tertiary/aromatic N) is 1. The molecule has 72 valence electrons. The Labute approximate surface area is 76.3 Å². The van der Waals surface area contributed by atoms with E-state index in [9.17, 15) is 0 Å². The van der Waals surface area contributed by atoms with E-state index < -0.39 is 0 Å². The lowest BCUT2D eigenvalue weighted by molar-refractivity contribution is 0.672. The van der Waals surface area contributed by atoms with Crippen molar-refractivity contribution in [2.75, 3.05) is 6.54 Å². The van der Waals surface area contributed by atoms with E-state index in [1.165, 1.54) is 25.7 Å². The molecule has 0 atom stereocenters. The van der Waals surface area contributed by atoms with Gasteiger partial charge in [0.15, 0.2) is 0 Å². The zero-order chi connectivity index (χ0) is 9.40. The Morgan fingerprint density at radius 3 is 2.42 bits per heavy atom. The lowest BCUT2D eigenvalue weighted by Gasteiger charge is -2.03. The van der Waals surface area contributed by atoms with E-state index in [1.807, 2.05) is 0 Å². The van der Waals surface area contributed by atoms with Gasteiger partial charge in [0, 0.05) is 12.5 Å². The summed E-state index contributed by atoms with van der Waals surface area (Å²) in [5, 5.41) is 0. The molecule has 0 spiro atoms. The molecule has 0 amide bonds. The fourth-order valence-corrected chi connectivity index (χ4v) is 0.929. The molecule has 0 aliphatic carbocycles. The summed E-state index contributed by atoms with van der Waals surface area (Å²) in [4.78, 5) is 4.29. The van der Waals surface area contributed by atoms with Crippen molar-refractivity contribution in [1.29, 1.82) is 0 Å². The van der Waals surface area contributed by atoms with Gasteiger partial charge in [-0.25, -0.2) is 0 Å². The van der Waals surface area contributed by atoms with Gasteiger partial charge >= 0.3 is 0 Å². The molecule has 0 aromatic carbocycles. The minimum atomic E-state index is 0.399. The number of rotatable bonds is 6. The molecule has 0 unspecified atom stereocenters. The van der Waals surface area contributed by atoms with Crippen LogP contribution in [-0.2, 0) is 0 Å². The minimum Gasteiger partial charge on any atom is -0.387 e. The predicted molar refractivity (Wildman–Crippen MR) is 55.5 cm³/mol. The summed E-state index contributed by atoms with van der Waals surface area (Å²) >= 11 is 0. The van der Waals surface area contributed by atoms with Crippen molar-refractivity contribution >= 4 is 5.84 Å². The quantitative estimate of drug-likeness (QED) is 0.371. The van der Waals surface area contributed by atoms with Gasteiger partial charge in [-0.15, -0.1) is 0 Å². The third-order valence-corrected chi connectivity index (χ3v) is 1.90. The molecule has 0 heterocycles. The minimum absolute atomic E-state index is 0.399. The van der Waals surface area contributed by atoms with Gasteiger partial charge in [0.2, 0.25) is 0 Å². The number of hydrogen-bond acceptors (Lipinski definition) is 1. The topological polar surface area (TPSA) is 38.4 Å². The third kappa shape index (κ3) is 6.20. The molecule has 0 aliphatic rings. The van der Waals surface area contributed by atoms with Crippen molar-refractivity contribution in [2.45, 2.75) is 46.5 Å². The van der Waals surface area contributed by atoms with Gasteiger partial charge in [0.25, 0.3) is 0 Å². The Bertz CT molecular complexity index is 128. The van der Waals surface area contributed by atoms with Crippen molar-refractivity contribution in [3.8, 4) is 0 Å². The average molecular weight is 170 g/mol. The maximum atomic E-state index is 5.68. The Morgan fingerprint density at radius 1 is 1.25 bits per heavy atom. The summed E-state index contributed by atoms with van der Waals surface area (Å²) in [6.07, 6.45) is 5.06. The highest BCUT2D eigenvalue weighted by Crippen LogP contribution is 1.99. The molecule has 0 radical (unpaired) electrons. The largest absolute Gasteiger partial charge is 0.387 e. The average Bonchev–Trinajstić information content (AvgIpc) is 2.03. The highest BCUT2D eigenvalue weighted by Gasteiger charge is 1.96. The number of amidine groups is 1. The first-order valence-electron chi connectivity index (χ1n) is 4.98. The van der Waals surface area contributed by atoms with E-state index in [1.54, 1.807) is 0 Å². The summed E-state index contributed by atoms with van der Waals surface area (Å²) in [6, 6.07) is 0. The van der Waals surface area contributed by atoms with E-state index in [2.05, 4.69) is 25.8 Å². The van der Waals surface area contributed by atoms with Crippen molar-refractivity contribution < 1.29 is 0 Å². The second kappa shape index (κ2) is 7.14.